The second-order valence-electron chi connectivity index (χ2n) is 10.6. The standard InChI is InChI=1S/C29H39F/c1-7-29(6,30)27-10-8-9-25(20-27)24-15-13-23(14-16-24)21(2)19-22-11-17-26(18-12-22)28(3,4)5/h8-10,13-16,20,22,26H,2,7,11-12,17-19H2,1,3-6H3. The fraction of sp³-hybridized carbons (Fsp3) is 0.517. The van der Waals surface area contributed by atoms with Crippen molar-refractivity contribution in [3.05, 3.63) is 66.2 Å². The van der Waals surface area contributed by atoms with Crippen LogP contribution in [-0.4, -0.2) is 0 Å². The molecule has 3 rings (SSSR count). The van der Waals surface area contributed by atoms with Gasteiger partial charge in [-0.15, -0.1) is 0 Å². The highest BCUT2D eigenvalue weighted by Crippen LogP contribution is 2.42. The van der Waals surface area contributed by atoms with Crippen LogP contribution in [0.5, 0.6) is 0 Å². The van der Waals surface area contributed by atoms with Crippen LogP contribution in [0, 0.1) is 17.3 Å². The second-order valence-corrected chi connectivity index (χ2v) is 10.6. The number of hydrogen-bond donors (Lipinski definition) is 0. The maximum atomic E-state index is 14.7. The molecule has 0 N–H and O–H groups in total. The topological polar surface area (TPSA) is 0 Å². The molecule has 0 bridgehead atoms. The zero-order valence-corrected chi connectivity index (χ0v) is 19.6. The number of hydrogen-bond acceptors (Lipinski definition) is 0. The van der Waals surface area contributed by atoms with Gasteiger partial charge in [0.25, 0.3) is 0 Å². The van der Waals surface area contributed by atoms with Crippen molar-refractivity contribution in [2.45, 2.75) is 78.8 Å². The number of alkyl halides is 1. The van der Waals surface area contributed by atoms with E-state index < -0.39 is 5.67 Å². The third-order valence-electron chi connectivity index (χ3n) is 7.36. The lowest BCUT2D eigenvalue weighted by molar-refractivity contribution is 0.151. The monoisotopic (exact) mass is 406 g/mol. The molecule has 1 aliphatic carbocycles. The Hall–Kier alpha value is -1.89. The predicted molar refractivity (Wildman–Crippen MR) is 129 cm³/mol. The molecule has 30 heavy (non-hydrogen) atoms. The molecule has 1 heteroatoms. The molecule has 162 valence electrons. The zero-order valence-electron chi connectivity index (χ0n) is 19.6. The summed E-state index contributed by atoms with van der Waals surface area (Å²) < 4.78 is 14.7. The fourth-order valence-corrected chi connectivity index (χ4v) is 4.82. The summed E-state index contributed by atoms with van der Waals surface area (Å²) in [4.78, 5) is 0. The van der Waals surface area contributed by atoms with E-state index in [0.29, 0.717) is 11.8 Å². The third kappa shape index (κ3) is 5.42. The molecular weight excluding hydrogens is 367 g/mol. The van der Waals surface area contributed by atoms with E-state index in [2.05, 4.69) is 57.7 Å². The number of allylic oxidation sites excluding steroid dienone is 1. The Balaban J connectivity index is 1.64. The van der Waals surface area contributed by atoms with Gasteiger partial charge in [-0.3, -0.25) is 0 Å². The van der Waals surface area contributed by atoms with E-state index >= 15 is 0 Å². The molecule has 1 aliphatic rings. The van der Waals surface area contributed by atoms with Gasteiger partial charge in [-0.1, -0.05) is 76.7 Å². The minimum atomic E-state index is -1.28. The molecule has 1 fully saturated rings. The molecule has 2 aromatic rings. The summed E-state index contributed by atoms with van der Waals surface area (Å²) in [5.41, 5.74) is 4.59. The molecule has 1 saturated carbocycles. The summed E-state index contributed by atoms with van der Waals surface area (Å²) >= 11 is 0. The van der Waals surface area contributed by atoms with E-state index in [4.69, 9.17) is 0 Å². The van der Waals surface area contributed by atoms with E-state index in [-0.39, 0.29) is 0 Å². The Bertz CT molecular complexity index is 843. The SMILES string of the molecule is C=C(CC1CCC(C(C)(C)C)CC1)c1ccc(-c2cccc(C(C)(F)CC)c2)cc1. The number of benzene rings is 2. The highest BCUT2D eigenvalue weighted by molar-refractivity contribution is 5.70. The summed E-state index contributed by atoms with van der Waals surface area (Å²) in [6.07, 6.45) is 6.93. The van der Waals surface area contributed by atoms with Crippen molar-refractivity contribution < 1.29 is 4.39 Å². The molecule has 0 radical (unpaired) electrons. The van der Waals surface area contributed by atoms with Crippen molar-refractivity contribution in [1.29, 1.82) is 0 Å². The van der Waals surface area contributed by atoms with Crippen molar-refractivity contribution in [2.75, 3.05) is 0 Å². The third-order valence-corrected chi connectivity index (χ3v) is 7.36. The lowest BCUT2D eigenvalue weighted by Gasteiger charge is -2.37. The van der Waals surface area contributed by atoms with Crippen molar-refractivity contribution in [1.82, 2.24) is 0 Å². The molecule has 0 aliphatic heterocycles. The van der Waals surface area contributed by atoms with Crippen LogP contribution >= 0.6 is 0 Å². The van der Waals surface area contributed by atoms with Gasteiger partial charge in [0.05, 0.1) is 0 Å². The molecule has 0 aromatic heterocycles. The van der Waals surface area contributed by atoms with Gasteiger partial charge in [0.15, 0.2) is 0 Å². The Morgan fingerprint density at radius 2 is 1.57 bits per heavy atom. The number of halogens is 1. The summed E-state index contributed by atoms with van der Waals surface area (Å²) in [5.74, 6) is 1.62. The second kappa shape index (κ2) is 9.08. The van der Waals surface area contributed by atoms with E-state index in [1.54, 1.807) is 6.92 Å². The van der Waals surface area contributed by atoms with Gasteiger partial charge in [0.1, 0.15) is 5.67 Å². The summed E-state index contributed by atoms with van der Waals surface area (Å²) in [6.45, 7) is 15.1. The minimum Gasteiger partial charge on any atom is -0.239 e. The van der Waals surface area contributed by atoms with Gasteiger partial charge in [-0.05, 0) is 96.6 Å². The van der Waals surface area contributed by atoms with Crippen LogP contribution in [0.1, 0.15) is 84.3 Å². The maximum absolute atomic E-state index is 14.7. The quantitative estimate of drug-likeness (QED) is 0.448. The smallest absolute Gasteiger partial charge is 0.133 e. The summed E-state index contributed by atoms with van der Waals surface area (Å²) in [7, 11) is 0. The lowest BCUT2D eigenvalue weighted by Crippen LogP contribution is -2.25. The van der Waals surface area contributed by atoms with Gasteiger partial charge >= 0.3 is 0 Å². The first-order valence-electron chi connectivity index (χ1n) is 11.7. The molecule has 1 unspecified atom stereocenters. The van der Waals surface area contributed by atoms with Crippen molar-refractivity contribution in [2.24, 2.45) is 17.3 Å². The first-order chi connectivity index (χ1) is 14.1. The predicted octanol–water partition coefficient (Wildman–Crippen LogP) is 9.20. The molecule has 0 saturated heterocycles. The summed E-state index contributed by atoms with van der Waals surface area (Å²) in [5, 5.41) is 0. The first-order valence-corrected chi connectivity index (χ1v) is 11.7. The fourth-order valence-electron chi connectivity index (χ4n) is 4.82. The Kier molecular flexibility index (Phi) is 6.90. The zero-order chi connectivity index (χ0) is 21.9. The Morgan fingerprint density at radius 3 is 2.13 bits per heavy atom. The van der Waals surface area contributed by atoms with Crippen LogP contribution in [0.4, 0.5) is 4.39 Å². The van der Waals surface area contributed by atoms with E-state index in [1.165, 1.54) is 36.8 Å². The van der Waals surface area contributed by atoms with Gasteiger partial charge in [-0.2, -0.15) is 0 Å². The van der Waals surface area contributed by atoms with Crippen LogP contribution < -0.4 is 0 Å². The average molecular weight is 407 g/mol. The van der Waals surface area contributed by atoms with E-state index in [0.717, 1.165) is 34.9 Å². The normalized spacial score (nSPS) is 21.8. The van der Waals surface area contributed by atoms with E-state index in [1.807, 2.05) is 25.1 Å². The van der Waals surface area contributed by atoms with Gasteiger partial charge < -0.3 is 0 Å². The molecule has 2 aromatic carbocycles. The Morgan fingerprint density at radius 1 is 0.933 bits per heavy atom. The Labute approximate surface area is 183 Å². The molecule has 0 nitrogen and oxygen atoms in total. The number of rotatable bonds is 6. The van der Waals surface area contributed by atoms with Crippen LogP contribution in [-0.2, 0) is 5.67 Å². The van der Waals surface area contributed by atoms with Crippen LogP contribution in [0.15, 0.2) is 55.1 Å². The van der Waals surface area contributed by atoms with Crippen molar-refractivity contribution >= 4 is 5.57 Å². The van der Waals surface area contributed by atoms with Crippen molar-refractivity contribution in [3.8, 4) is 11.1 Å². The first kappa shape index (κ1) is 22.8. The maximum Gasteiger partial charge on any atom is 0.133 e. The highest BCUT2D eigenvalue weighted by atomic mass is 19.1. The van der Waals surface area contributed by atoms with Gasteiger partial charge in [0.2, 0.25) is 0 Å². The van der Waals surface area contributed by atoms with E-state index in [9.17, 15) is 4.39 Å². The van der Waals surface area contributed by atoms with Gasteiger partial charge in [0, 0.05) is 0 Å². The lowest BCUT2D eigenvalue weighted by atomic mass is 9.69. The molecular formula is C29H39F. The van der Waals surface area contributed by atoms with Crippen LogP contribution in [0.2, 0.25) is 0 Å². The highest BCUT2D eigenvalue weighted by Gasteiger charge is 2.29. The minimum absolute atomic E-state index is 0.436. The molecule has 0 amide bonds. The molecule has 0 heterocycles. The van der Waals surface area contributed by atoms with Crippen molar-refractivity contribution in [3.63, 3.8) is 0 Å². The average Bonchev–Trinajstić information content (AvgIpc) is 2.73. The van der Waals surface area contributed by atoms with Crippen LogP contribution in [0.25, 0.3) is 16.7 Å². The summed E-state index contributed by atoms with van der Waals surface area (Å²) in [6, 6.07) is 16.6. The molecule has 0 spiro atoms. The molecule has 1 atom stereocenters. The largest absolute Gasteiger partial charge is 0.239 e. The van der Waals surface area contributed by atoms with Gasteiger partial charge in [-0.25, -0.2) is 4.39 Å². The van der Waals surface area contributed by atoms with Crippen LogP contribution in [0.3, 0.4) is 0 Å².